The van der Waals surface area contributed by atoms with Gasteiger partial charge in [-0.1, -0.05) is 30.3 Å². The van der Waals surface area contributed by atoms with Gasteiger partial charge in [-0.05, 0) is 31.5 Å². The molecular formula is C19H21NO5. The Balaban J connectivity index is 2.08. The van der Waals surface area contributed by atoms with Crippen LogP contribution in [0.3, 0.4) is 0 Å². The summed E-state index contributed by atoms with van der Waals surface area (Å²) in [5.41, 5.74) is 1.30. The third kappa shape index (κ3) is 5.31. The van der Waals surface area contributed by atoms with Crippen molar-refractivity contribution in [1.82, 2.24) is 4.98 Å². The molecule has 132 valence electrons. The molecule has 0 aliphatic rings. The number of carbonyl (C=O) groups is 2. The first-order chi connectivity index (χ1) is 12.2. The minimum Gasteiger partial charge on any atom is -0.487 e. The quantitative estimate of drug-likeness (QED) is 0.542. The second-order valence-corrected chi connectivity index (χ2v) is 5.13. The first kappa shape index (κ1) is 18.4. The molecule has 2 rings (SSSR count). The molecule has 0 unspecified atom stereocenters. The van der Waals surface area contributed by atoms with Crippen LogP contribution in [0.1, 0.15) is 31.0 Å². The van der Waals surface area contributed by atoms with E-state index in [0.29, 0.717) is 12.4 Å². The molecule has 1 heterocycles. The predicted octanol–water partition coefficient (Wildman–Crippen LogP) is 2.87. The second kappa shape index (κ2) is 9.42. The minimum atomic E-state index is -1.19. The van der Waals surface area contributed by atoms with Gasteiger partial charge in [0.1, 0.15) is 12.4 Å². The van der Waals surface area contributed by atoms with Crippen molar-refractivity contribution in [2.45, 2.75) is 26.4 Å². The van der Waals surface area contributed by atoms with Crippen LogP contribution in [0, 0.1) is 0 Å². The van der Waals surface area contributed by atoms with Crippen molar-refractivity contribution in [2.24, 2.45) is 0 Å². The van der Waals surface area contributed by atoms with E-state index in [1.165, 1.54) is 6.20 Å². The van der Waals surface area contributed by atoms with Gasteiger partial charge >= 0.3 is 11.9 Å². The summed E-state index contributed by atoms with van der Waals surface area (Å²) in [6.07, 6.45) is 1.48. The van der Waals surface area contributed by atoms with E-state index in [0.717, 1.165) is 5.56 Å². The summed E-state index contributed by atoms with van der Waals surface area (Å²) in [5.74, 6) is -2.00. The van der Waals surface area contributed by atoms with Crippen LogP contribution in [-0.2, 0) is 25.7 Å². The van der Waals surface area contributed by atoms with E-state index in [4.69, 9.17) is 14.2 Å². The Bertz CT molecular complexity index is 667. The lowest BCUT2D eigenvalue weighted by Gasteiger charge is -2.14. The molecule has 2 aromatic rings. The number of pyridine rings is 1. The lowest BCUT2D eigenvalue weighted by atomic mass is 10.1. The molecule has 0 spiro atoms. The largest absolute Gasteiger partial charge is 0.487 e. The van der Waals surface area contributed by atoms with Crippen LogP contribution in [0.2, 0.25) is 0 Å². The molecule has 0 saturated heterocycles. The highest BCUT2D eigenvalue weighted by molar-refractivity contribution is 6.00. The molecule has 6 nitrogen and oxygen atoms in total. The number of rotatable bonds is 8. The molecule has 0 amide bonds. The van der Waals surface area contributed by atoms with Crippen molar-refractivity contribution in [2.75, 3.05) is 13.2 Å². The number of benzene rings is 1. The van der Waals surface area contributed by atoms with Gasteiger partial charge in [0.2, 0.25) is 0 Å². The molecule has 6 heteroatoms. The van der Waals surface area contributed by atoms with E-state index >= 15 is 0 Å². The molecule has 0 N–H and O–H groups in total. The number of esters is 2. The number of hydrogen-bond acceptors (Lipinski definition) is 6. The standard InChI is InChI=1S/C19H21NO5/c1-3-23-18(21)17(19(22)24-4-2)16-11-10-15(12-20-16)25-13-14-8-6-5-7-9-14/h5-12,17H,3-4,13H2,1-2H3. The summed E-state index contributed by atoms with van der Waals surface area (Å²) >= 11 is 0. The van der Waals surface area contributed by atoms with Gasteiger partial charge in [-0.3, -0.25) is 14.6 Å². The van der Waals surface area contributed by atoms with Crippen molar-refractivity contribution in [3.8, 4) is 5.75 Å². The lowest BCUT2D eigenvalue weighted by Crippen LogP contribution is -2.27. The summed E-state index contributed by atoms with van der Waals surface area (Å²) in [6, 6.07) is 13.0. The molecule has 0 fully saturated rings. The third-order valence-corrected chi connectivity index (χ3v) is 3.35. The Hall–Kier alpha value is -2.89. The van der Waals surface area contributed by atoms with E-state index in [1.807, 2.05) is 30.3 Å². The van der Waals surface area contributed by atoms with Gasteiger partial charge in [-0.25, -0.2) is 0 Å². The van der Waals surface area contributed by atoms with Crippen LogP contribution in [0.25, 0.3) is 0 Å². The van der Waals surface area contributed by atoms with E-state index in [-0.39, 0.29) is 18.9 Å². The van der Waals surface area contributed by atoms with E-state index in [1.54, 1.807) is 26.0 Å². The maximum atomic E-state index is 12.1. The Labute approximate surface area is 146 Å². The Morgan fingerprint density at radius 2 is 1.60 bits per heavy atom. The highest BCUT2D eigenvalue weighted by atomic mass is 16.6. The van der Waals surface area contributed by atoms with Crippen LogP contribution in [0.5, 0.6) is 5.75 Å². The van der Waals surface area contributed by atoms with Gasteiger partial charge in [0.15, 0.2) is 5.92 Å². The molecule has 0 bridgehead atoms. The van der Waals surface area contributed by atoms with Crippen molar-refractivity contribution in [3.63, 3.8) is 0 Å². The van der Waals surface area contributed by atoms with Gasteiger partial charge in [-0.2, -0.15) is 0 Å². The zero-order valence-corrected chi connectivity index (χ0v) is 14.3. The van der Waals surface area contributed by atoms with E-state index < -0.39 is 17.9 Å². The van der Waals surface area contributed by atoms with Crippen molar-refractivity contribution < 1.29 is 23.8 Å². The molecule has 0 aliphatic heterocycles. The molecule has 1 aromatic carbocycles. The zero-order valence-electron chi connectivity index (χ0n) is 14.3. The van der Waals surface area contributed by atoms with Crippen LogP contribution < -0.4 is 4.74 Å². The van der Waals surface area contributed by atoms with Crippen LogP contribution in [0.4, 0.5) is 0 Å². The van der Waals surface area contributed by atoms with Crippen molar-refractivity contribution >= 4 is 11.9 Å². The normalized spacial score (nSPS) is 10.4. The van der Waals surface area contributed by atoms with Gasteiger partial charge < -0.3 is 14.2 Å². The number of ether oxygens (including phenoxy) is 3. The lowest BCUT2D eigenvalue weighted by molar-refractivity contribution is -0.157. The topological polar surface area (TPSA) is 74.7 Å². The molecule has 0 saturated carbocycles. The Morgan fingerprint density at radius 1 is 0.960 bits per heavy atom. The third-order valence-electron chi connectivity index (χ3n) is 3.35. The Kier molecular flexibility index (Phi) is 6.95. The summed E-state index contributed by atoms with van der Waals surface area (Å²) in [5, 5.41) is 0. The molecule has 25 heavy (non-hydrogen) atoms. The van der Waals surface area contributed by atoms with E-state index in [9.17, 15) is 9.59 Å². The van der Waals surface area contributed by atoms with Gasteiger partial charge in [-0.15, -0.1) is 0 Å². The first-order valence-electron chi connectivity index (χ1n) is 8.11. The average Bonchev–Trinajstić information content (AvgIpc) is 2.62. The van der Waals surface area contributed by atoms with Crippen LogP contribution in [0.15, 0.2) is 48.7 Å². The zero-order chi connectivity index (χ0) is 18.1. The maximum Gasteiger partial charge on any atom is 0.326 e. The maximum absolute atomic E-state index is 12.1. The average molecular weight is 343 g/mol. The number of aromatic nitrogens is 1. The van der Waals surface area contributed by atoms with Crippen LogP contribution >= 0.6 is 0 Å². The van der Waals surface area contributed by atoms with Gasteiger partial charge in [0.05, 0.1) is 25.1 Å². The smallest absolute Gasteiger partial charge is 0.326 e. The molecule has 1 aromatic heterocycles. The Morgan fingerprint density at radius 3 is 2.12 bits per heavy atom. The fourth-order valence-electron chi connectivity index (χ4n) is 2.18. The highest BCUT2D eigenvalue weighted by Gasteiger charge is 2.32. The number of carbonyl (C=O) groups excluding carboxylic acids is 2. The van der Waals surface area contributed by atoms with Gasteiger partial charge in [0.25, 0.3) is 0 Å². The molecular weight excluding hydrogens is 322 g/mol. The van der Waals surface area contributed by atoms with Crippen molar-refractivity contribution in [3.05, 3.63) is 59.9 Å². The SMILES string of the molecule is CCOC(=O)C(C(=O)OCC)c1ccc(OCc2ccccc2)cn1. The molecule has 0 aliphatic carbocycles. The fraction of sp³-hybridized carbons (Fsp3) is 0.316. The highest BCUT2D eigenvalue weighted by Crippen LogP contribution is 2.20. The molecule has 0 radical (unpaired) electrons. The summed E-state index contributed by atoms with van der Waals surface area (Å²) < 4.78 is 15.5. The number of nitrogens with zero attached hydrogens (tertiary/aromatic N) is 1. The monoisotopic (exact) mass is 343 g/mol. The number of hydrogen-bond donors (Lipinski definition) is 0. The minimum absolute atomic E-state index is 0.174. The first-order valence-corrected chi connectivity index (χ1v) is 8.11. The van der Waals surface area contributed by atoms with Crippen molar-refractivity contribution in [1.29, 1.82) is 0 Å². The predicted molar refractivity (Wildman–Crippen MR) is 91.0 cm³/mol. The van der Waals surface area contributed by atoms with Crippen LogP contribution in [-0.4, -0.2) is 30.1 Å². The summed E-state index contributed by atoms with van der Waals surface area (Å²) in [4.78, 5) is 28.3. The summed E-state index contributed by atoms with van der Waals surface area (Å²) in [7, 11) is 0. The fourth-order valence-corrected chi connectivity index (χ4v) is 2.18. The summed E-state index contributed by atoms with van der Waals surface area (Å²) in [6.45, 7) is 4.10. The second-order valence-electron chi connectivity index (χ2n) is 5.13. The van der Waals surface area contributed by atoms with Gasteiger partial charge in [0, 0.05) is 0 Å². The molecule has 0 atom stereocenters. The van der Waals surface area contributed by atoms with E-state index in [2.05, 4.69) is 4.98 Å².